The predicted molar refractivity (Wildman–Crippen MR) is 89.2 cm³/mol. The highest BCUT2D eigenvalue weighted by atomic mass is 16.5. The largest absolute Gasteiger partial charge is 0.492 e. The van der Waals surface area contributed by atoms with E-state index in [1.807, 2.05) is 6.92 Å². The molecule has 0 radical (unpaired) electrons. The van der Waals surface area contributed by atoms with Crippen LogP contribution in [-0.2, 0) is 10.2 Å². The molecular weight excluding hydrogens is 262 g/mol. The highest BCUT2D eigenvalue weighted by Crippen LogP contribution is 2.24. The number of hydrogen-bond donors (Lipinski definition) is 1. The van der Waals surface area contributed by atoms with Gasteiger partial charge in [0.25, 0.3) is 0 Å². The van der Waals surface area contributed by atoms with Crippen LogP contribution in [0.2, 0.25) is 0 Å². The van der Waals surface area contributed by atoms with Gasteiger partial charge in [-0.3, -0.25) is 0 Å². The Kier molecular flexibility index (Phi) is 8.40. The molecule has 0 bridgehead atoms. The molecule has 21 heavy (non-hydrogen) atoms. The average molecular weight is 293 g/mol. The number of hydrogen-bond acceptors (Lipinski definition) is 3. The minimum absolute atomic E-state index is 0.196. The SMILES string of the molecule is CCOCCCCNCCOc1ccc(C(C)(C)C)cc1. The molecule has 0 aromatic heterocycles. The maximum atomic E-state index is 5.73. The zero-order valence-electron chi connectivity index (χ0n) is 14.1. The van der Waals surface area contributed by atoms with Crippen molar-refractivity contribution < 1.29 is 9.47 Å². The van der Waals surface area contributed by atoms with Crippen LogP contribution in [0.25, 0.3) is 0 Å². The van der Waals surface area contributed by atoms with Crippen LogP contribution in [0.4, 0.5) is 0 Å². The van der Waals surface area contributed by atoms with Crippen molar-refractivity contribution >= 4 is 0 Å². The van der Waals surface area contributed by atoms with Crippen LogP contribution in [0.5, 0.6) is 5.75 Å². The molecule has 0 fully saturated rings. The quantitative estimate of drug-likeness (QED) is 0.666. The molecule has 0 spiro atoms. The summed E-state index contributed by atoms with van der Waals surface area (Å²) < 4.78 is 11.0. The summed E-state index contributed by atoms with van der Waals surface area (Å²) in [6.07, 6.45) is 2.27. The second-order valence-corrected chi connectivity index (χ2v) is 6.28. The van der Waals surface area contributed by atoms with Gasteiger partial charge < -0.3 is 14.8 Å². The molecule has 3 heteroatoms. The Morgan fingerprint density at radius 3 is 2.29 bits per heavy atom. The van der Waals surface area contributed by atoms with Crippen LogP contribution in [0.1, 0.15) is 46.1 Å². The Morgan fingerprint density at radius 2 is 1.67 bits per heavy atom. The third-order valence-electron chi connectivity index (χ3n) is 3.36. The number of rotatable bonds is 10. The molecule has 0 amide bonds. The van der Waals surface area contributed by atoms with Crippen molar-refractivity contribution in [2.24, 2.45) is 0 Å². The van der Waals surface area contributed by atoms with E-state index in [9.17, 15) is 0 Å². The zero-order valence-corrected chi connectivity index (χ0v) is 14.1. The van der Waals surface area contributed by atoms with Crippen molar-refractivity contribution in [2.45, 2.75) is 46.0 Å². The van der Waals surface area contributed by atoms with Crippen molar-refractivity contribution in [2.75, 3.05) is 32.9 Å². The first-order chi connectivity index (χ1) is 10.0. The number of ether oxygens (including phenoxy) is 2. The van der Waals surface area contributed by atoms with Crippen LogP contribution < -0.4 is 10.1 Å². The fraction of sp³-hybridized carbons (Fsp3) is 0.667. The smallest absolute Gasteiger partial charge is 0.119 e. The van der Waals surface area contributed by atoms with E-state index in [-0.39, 0.29) is 5.41 Å². The molecule has 0 unspecified atom stereocenters. The van der Waals surface area contributed by atoms with Gasteiger partial charge in [-0.05, 0) is 49.4 Å². The number of benzene rings is 1. The Morgan fingerprint density at radius 1 is 0.952 bits per heavy atom. The lowest BCUT2D eigenvalue weighted by molar-refractivity contribution is 0.143. The minimum Gasteiger partial charge on any atom is -0.492 e. The maximum absolute atomic E-state index is 5.73. The van der Waals surface area contributed by atoms with Crippen molar-refractivity contribution in [1.82, 2.24) is 5.32 Å². The summed E-state index contributed by atoms with van der Waals surface area (Å²) in [4.78, 5) is 0. The van der Waals surface area contributed by atoms with Crippen LogP contribution in [0.15, 0.2) is 24.3 Å². The molecule has 1 N–H and O–H groups in total. The van der Waals surface area contributed by atoms with Gasteiger partial charge in [-0.25, -0.2) is 0 Å². The van der Waals surface area contributed by atoms with Crippen molar-refractivity contribution in [3.63, 3.8) is 0 Å². The molecule has 120 valence electrons. The molecule has 1 rings (SSSR count). The number of unbranched alkanes of at least 4 members (excludes halogenated alkanes) is 1. The van der Waals surface area contributed by atoms with Gasteiger partial charge in [-0.1, -0.05) is 32.9 Å². The molecule has 0 saturated carbocycles. The fourth-order valence-electron chi connectivity index (χ4n) is 2.02. The normalized spacial score (nSPS) is 11.6. The van der Waals surface area contributed by atoms with E-state index in [0.717, 1.165) is 44.9 Å². The molecule has 0 aliphatic rings. The number of nitrogens with one attached hydrogen (secondary N) is 1. The molecule has 1 aromatic carbocycles. The van der Waals surface area contributed by atoms with Crippen LogP contribution in [0.3, 0.4) is 0 Å². The topological polar surface area (TPSA) is 30.5 Å². The van der Waals surface area contributed by atoms with Crippen molar-refractivity contribution in [3.05, 3.63) is 29.8 Å². The molecule has 0 heterocycles. The van der Waals surface area contributed by atoms with Gasteiger partial charge in [0.2, 0.25) is 0 Å². The summed E-state index contributed by atoms with van der Waals surface area (Å²) in [7, 11) is 0. The molecule has 0 aliphatic heterocycles. The Balaban J connectivity index is 2.08. The van der Waals surface area contributed by atoms with Gasteiger partial charge in [0, 0.05) is 19.8 Å². The summed E-state index contributed by atoms with van der Waals surface area (Å²) in [5, 5.41) is 3.39. The first kappa shape index (κ1) is 18.0. The molecule has 3 nitrogen and oxygen atoms in total. The van der Waals surface area contributed by atoms with Crippen molar-refractivity contribution in [3.8, 4) is 5.75 Å². The van der Waals surface area contributed by atoms with Crippen LogP contribution in [0, 0.1) is 0 Å². The van der Waals surface area contributed by atoms with E-state index < -0.39 is 0 Å². The first-order valence-corrected chi connectivity index (χ1v) is 8.06. The lowest BCUT2D eigenvalue weighted by atomic mass is 9.87. The van der Waals surface area contributed by atoms with Crippen LogP contribution in [-0.4, -0.2) is 32.9 Å². The predicted octanol–water partition coefficient (Wildman–Crippen LogP) is 3.77. The van der Waals surface area contributed by atoms with Crippen LogP contribution >= 0.6 is 0 Å². The van der Waals surface area contributed by atoms with Gasteiger partial charge in [0.15, 0.2) is 0 Å². The van der Waals surface area contributed by atoms with E-state index in [2.05, 4.69) is 50.4 Å². The molecular formula is C18H31NO2. The molecule has 0 aliphatic carbocycles. The van der Waals surface area contributed by atoms with Gasteiger partial charge in [-0.2, -0.15) is 0 Å². The third kappa shape index (κ3) is 8.08. The molecule has 1 aromatic rings. The monoisotopic (exact) mass is 293 g/mol. The second kappa shape index (κ2) is 9.80. The summed E-state index contributed by atoms with van der Waals surface area (Å²) in [5.74, 6) is 0.946. The van der Waals surface area contributed by atoms with Gasteiger partial charge >= 0.3 is 0 Å². The Bertz CT molecular complexity index is 368. The summed E-state index contributed by atoms with van der Waals surface area (Å²) in [6.45, 7) is 13.0. The van der Waals surface area contributed by atoms with E-state index in [1.54, 1.807) is 0 Å². The lowest BCUT2D eigenvalue weighted by Gasteiger charge is -2.19. The summed E-state index contributed by atoms with van der Waals surface area (Å²) in [5.41, 5.74) is 1.53. The van der Waals surface area contributed by atoms with E-state index in [1.165, 1.54) is 5.56 Å². The average Bonchev–Trinajstić information content (AvgIpc) is 2.45. The standard InChI is InChI=1S/C18H31NO2/c1-5-20-14-7-6-12-19-13-15-21-17-10-8-16(9-11-17)18(2,3)4/h8-11,19H,5-7,12-15H2,1-4H3. The first-order valence-electron chi connectivity index (χ1n) is 8.06. The van der Waals surface area contributed by atoms with Crippen molar-refractivity contribution in [1.29, 1.82) is 0 Å². The van der Waals surface area contributed by atoms with Gasteiger partial charge in [0.1, 0.15) is 12.4 Å². The molecule has 0 saturated heterocycles. The fourth-order valence-corrected chi connectivity index (χ4v) is 2.02. The zero-order chi connectivity index (χ0) is 15.6. The Labute approximate surface area is 130 Å². The summed E-state index contributed by atoms with van der Waals surface area (Å²) in [6, 6.07) is 8.42. The van der Waals surface area contributed by atoms with E-state index in [0.29, 0.717) is 6.61 Å². The van der Waals surface area contributed by atoms with E-state index >= 15 is 0 Å². The highest BCUT2D eigenvalue weighted by molar-refractivity contribution is 5.31. The molecule has 0 atom stereocenters. The van der Waals surface area contributed by atoms with Gasteiger partial charge in [-0.15, -0.1) is 0 Å². The minimum atomic E-state index is 0.196. The summed E-state index contributed by atoms with van der Waals surface area (Å²) >= 11 is 0. The van der Waals surface area contributed by atoms with E-state index in [4.69, 9.17) is 9.47 Å². The highest BCUT2D eigenvalue weighted by Gasteiger charge is 2.12. The Hall–Kier alpha value is -1.06. The maximum Gasteiger partial charge on any atom is 0.119 e. The third-order valence-corrected chi connectivity index (χ3v) is 3.36. The lowest BCUT2D eigenvalue weighted by Crippen LogP contribution is -2.22. The van der Waals surface area contributed by atoms with Gasteiger partial charge in [0.05, 0.1) is 0 Å². The second-order valence-electron chi connectivity index (χ2n) is 6.28.